The molecule has 3 aromatic heterocycles. The molecule has 5 rings (SSSR count). The van der Waals surface area contributed by atoms with Crippen molar-refractivity contribution in [3.63, 3.8) is 0 Å². The highest BCUT2D eigenvalue weighted by Gasteiger charge is 2.21. The monoisotopic (exact) mass is 539 g/mol. The van der Waals surface area contributed by atoms with Gasteiger partial charge >= 0.3 is 0 Å². The second-order valence-corrected chi connectivity index (χ2v) is 11.0. The summed E-state index contributed by atoms with van der Waals surface area (Å²) in [5, 5.41) is 9.76. The molecule has 1 amide bonds. The number of aromatic nitrogens is 4. The van der Waals surface area contributed by atoms with Gasteiger partial charge in [0.1, 0.15) is 5.69 Å². The molecule has 39 heavy (non-hydrogen) atoms. The maximum absolute atomic E-state index is 13.8. The minimum absolute atomic E-state index is 0.0206. The molecule has 0 aliphatic rings. The Hall–Kier alpha value is -4.04. The van der Waals surface area contributed by atoms with Crippen molar-refractivity contribution in [2.45, 2.75) is 59.9 Å². The average Bonchev–Trinajstić information content (AvgIpc) is 3.48. The van der Waals surface area contributed by atoms with Gasteiger partial charge < -0.3 is 5.32 Å². The Morgan fingerprint density at radius 2 is 1.82 bits per heavy atom. The van der Waals surface area contributed by atoms with Crippen LogP contribution in [-0.4, -0.2) is 31.1 Å². The largest absolute Gasteiger partial charge is 0.353 e. The van der Waals surface area contributed by atoms with Crippen molar-refractivity contribution < 1.29 is 4.79 Å². The summed E-state index contributed by atoms with van der Waals surface area (Å²) in [5.41, 5.74) is 7.56. The van der Waals surface area contributed by atoms with Crippen LogP contribution >= 0.6 is 11.3 Å². The smallest absolute Gasteiger partial charge is 0.268 e. The van der Waals surface area contributed by atoms with Crippen molar-refractivity contribution >= 4 is 22.2 Å². The number of hydrogen-bond donors (Lipinski definition) is 1. The number of benzene rings is 2. The Morgan fingerprint density at radius 1 is 1.05 bits per heavy atom. The number of nitrogens with one attached hydrogen (secondary N) is 1. The Labute approximate surface area is 232 Å². The zero-order chi connectivity index (χ0) is 27.7. The van der Waals surface area contributed by atoms with E-state index in [1.165, 1.54) is 22.5 Å². The van der Waals surface area contributed by atoms with Crippen LogP contribution in [0.4, 0.5) is 0 Å². The van der Waals surface area contributed by atoms with Gasteiger partial charge in [0, 0.05) is 22.8 Å². The predicted molar refractivity (Wildman–Crippen MR) is 157 cm³/mol. The number of hydrogen-bond acceptors (Lipinski definition) is 5. The van der Waals surface area contributed by atoms with Crippen molar-refractivity contribution in [1.29, 1.82) is 0 Å². The fourth-order valence-electron chi connectivity index (χ4n) is 4.92. The number of carbonyl (C=O) groups is 1. The second-order valence-electron chi connectivity index (χ2n) is 10.2. The van der Waals surface area contributed by atoms with Gasteiger partial charge in [-0.2, -0.15) is 5.10 Å². The minimum atomic E-state index is -0.204. The summed E-state index contributed by atoms with van der Waals surface area (Å²) in [4.78, 5) is 32.0. The van der Waals surface area contributed by atoms with Crippen LogP contribution in [0, 0.1) is 27.7 Å². The van der Waals surface area contributed by atoms with Gasteiger partial charge in [0.05, 0.1) is 23.4 Å². The highest BCUT2D eigenvalue weighted by molar-refractivity contribution is 7.15. The van der Waals surface area contributed by atoms with Crippen LogP contribution < -0.4 is 10.9 Å². The first kappa shape index (κ1) is 26.6. The van der Waals surface area contributed by atoms with Gasteiger partial charge in [0.25, 0.3) is 5.56 Å². The first-order valence-corrected chi connectivity index (χ1v) is 14.1. The molecule has 1 atom stereocenters. The molecule has 0 saturated heterocycles. The lowest BCUT2D eigenvalue weighted by molar-refractivity contribution is -0.121. The first-order valence-electron chi connectivity index (χ1n) is 13.2. The van der Waals surface area contributed by atoms with Gasteiger partial charge in [-0.05, 0) is 76.3 Å². The Balaban J connectivity index is 1.40. The summed E-state index contributed by atoms with van der Waals surface area (Å²) >= 11 is 1.37. The molecule has 0 aliphatic carbocycles. The molecule has 7 nitrogen and oxygen atoms in total. The lowest BCUT2D eigenvalue weighted by Crippen LogP contribution is -2.34. The molecular weight excluding hydrogens is 506 g/mol. The molecular formula is C31H33N5O2S. The maximum Gasteiger partial charge on any atom is 0.268 e. The fraction of sp³-hybridized carbons (Fsp3) is 0.290. The number of carbonyl (C=O) groups excluding carboxylic acids is 1. The summed E-state index contributed by atoms with van der Waals surface area (Å²) < 4.78 is 3.44. The number of amides is 1. The molecule has 0 fully saturated rings. The molecule has 0 saturated carbocycles. The lowest BCUT2D eigenvalue weighted by atomic mass is 10.1. The normalized spacial score (nSPS) is 12.1. The second kappa shape index (κ2) is 11.0. The van der Waals surface area contributed by atoms with Gasteiger partial charge in [-0.15, -0.1) is 11.3 Å². The highest BCUT2D eigenvalue weighted by Crippen LogP contribution is 2.25. The molecule has 0 spiro atoms. The molecule has 1 N–H and O–H groups in total. The average molecular weight is 540 g/mol. The molecule has 8 heteroatoms. The quantitative estimate of drug-likeness (QED) is 0.281. The summed E-state index contributed by atoms with van der Waals surface area (Å²) in [6, 6.07) is 18.3. The fourth-order valence-corrected chi connectivity index (χ4v) is 5.85. The third-order valence-electron chi connectivity index (χ3n) is 7.23. The van der Waals surface area contributed by atoms with Crippen molar-refractivity contribution in [3.8, 4) is 16.9 Å². The van der Waals surface area contributed by atoms with E-state index in [1.807, 2.05) is 67.2 Å². The molecule has 0 bridgehead atoms. The van der Waals surface area contributed by atoms with E-state index in [9.17, 15) is 9.59 Å². The summed E-state index contributed by atoms with van der Waals surface area (Å²) in [5.74, 6) is -0.112. The van der Waals surface area contributed by atoms with Crippen LogP contribution in [0.5, 0.6) is 0 Å². The topological polar surface area (TPSA) is 81.3 Å². The molecule has 0 unspecified atom stereocenters. The maximum atomic E-state index is 13.8. The van der Waals surface area contributed by atoms with E-state index >= 15 is 0 Å². The highest BCUT2D eigenvalue weighted by atomic mass is 32.1. The van der Waals surface area contributed by atoms with Crippen molar-refractivity contribution in [1.82, 2.24) is 24.5 Å². The van der Waals surface area contributed by atoms with Crippen molar-refractivity contribution in [2.75, 3.05) is 0 Å². The van der Waals surface area contributed by atoms with Crippen molar-refractivity contribution in [2.24, 2.45) is 0 Å². The molecule has 0 radical (unpaired) electrons. The molecule has 5 aromatic rings. The van der Waals surface area contributed by atoms with Gasteiger partial charge in [-0.25, -0.2) is 9.67 Å². The van der Waals surface area contributed by atoms with E-state index in [1.54, 1.807) is 4.40 Å². The van der Waals surface area contributed by atoms with Crippen LogP contribution in [0.2, 0.25) is 0 Å². The summed E-state index contributed by atoms with van der Waals surface area (Å²) in [7, 11) is 0. The zero-order valence-electron chi connectivity index (χ0n) is 23.0. The standard InChI is InChI=1S/C31H33N5O2S/c1-19-10-9-13-27(22(19)4)36-21(3)16-26(34-36)29-23(5)33-31-35(30(29)38)25(18-39-31)17-28(37)32-20(2)14-15-24-11-7-6-8-12-24/h6-13,16,18,20H,14-15,17H2,1-5H3,(H,32,37)/t20-/m1/s1. The van der Waals surface area contributed by atoms with E-state index in [4.69, 9.17) is 10.1 Å². The molecule has 200 valence electrons. The number of thiazole rings is 1. The van der Waals surface area contributed by atoms with E-state index < -0.39 is 0 Å². The minimum Gasteiger partial charge on any atom is -0.353 e. The van der Waals surface area contributed by atoms with E-state index in [2.05, 4.69) is 37.4 Å². The molecule has 2 aromatic carbocycles. The van der Waals surface area contributed by atoms with E-state index in [0.29, 0.717) is 27.6 Å². The van der Waals surface area contributed by atoms with E-state index in [-0.39, 0.29) is 23.9 Å². The first-order chi connectivity index (χ1) is 18.7. The third-order valence-corrected chi connectivity index (χ3v) is 8.10. The van der Waals surface area contributed by atoms with Gasteiger partial charge in [0.15, 0.2) is 4.96 Å². The Bertz CT molecular complexity index is 1710. The predicted octanol–water partition coefficient (Wildman–Crippen LogP) is 5.52. The lowest BCUT2D eigenvalue weighted by Gasteiger charge is -2.14. The zero-order valence-corrected chi connectivity index (χ0v) is 23.8. The Kier molecular flexibility index (Phi) is 7.48. The molecule has 3 heterocycles. The number of nitrogens with zero attached hydrogens (tertiary/aromatic N) is 4. The Morgan fingerprint density at radius 3 is 2.59 bits per heavy atom. The van der Waals surface area contributed by atoms with Crippen LogP contribution in [0.25, 0.3) is 21.9 Å². The van der Waals surface area contributed by atoms with Gasteiger partial charge in [-0.3, -0.25) is 14.0 Å². The van der Waals surface area contributed by atoms with E-state index in [0.717, 1.165) is 29.8 Å². The molecule has 0 aliphatic heterocycles. The summed E-state index contributed by atoms with van der Waals surface area (Å²) in [6.07, 6.45) is 1.84. The van der Waals surface area contributed by atoms with Crippen LogP contribution in [0.15, 0.2) is 64.8 Å². The van der Waals surface area contributed by atoms with Gasteiger partial charge in [-0.1, -0.05) is 42.5 Å². The van der Waals surface area contributed by atoms with Crippen LogP contribution in [0.3, 0.4) is 0 Å². The summed E-state index contributed by atoms with van der Waals surface area (Å²) in [6.45, 7) is 9.98. The number of rotatable bonds is 8. The SMILES string of the molecule is Cc1cccc(-n2nc(-c3c(C)nc4scc(CC(=O)N[C@H](C)CCc5ccccc5)n4c3=O)cc2C)c1C. The third kappa shape index (κ3) is 5.43. The number of fused-ring (bicyclic) bond motifs is 1. The van der Waals surface area contributed by atoms with Crippen LogP contribution in [0.1, 0.15) is 47.1 Å². The van der Waals surface area contributed by atoms with Crippen LogP contribution in [-0.2, 0) is 17.6 Å². The van der Waals surface area contributed by atoms with Crippen molar-refractivity contribution in [3.05, 3.63) is 104 Å². The van der Waals surface area contributed by atoms with Gasteiger partial charge in [0.2, 0.25) is 5.91 Å². The number of aryl methyl sites for hydroxylation is 4.